The van der Waals surface area contributed by atoms with Crippen LogP contribution < -0.4 is 16.6 Å². The molecule has 1 heterocycles. The van der Waals surface area contributed by atoms with Crippen LogP contribution in [0.25, 0.3) is 10.9 Å². The number of unbranched alkanes of at least 4 members (excludes halogenated alkanes) is 2. The largest absolute Gasteiger partial charge is 0.351 e. The minimum absolute atomic E-state index is 0.173. The molecular formula is C17H21ClN4O3S. The van der Waals surface area contributed by atoms with Gasteiger partial charge in [-0.1, -0.05) is 43.1 Å². The number of aromatic nitrogens is 2. The quantitative estimate of drug-likeness (QED) is 0.425. The smallest absolute Gasteiger partial charge is 0.318 e. The van der Waals surface area contributed by atoms with E-state index in [1.54, 1.807) is 29.7 Å². The highest BCUT2D eigenvalue weighted by Crippen LogP contribution is 2.24. The van der Waals surface area contributed by atoms with Crippen LogP contribution in [-0.2, 0) is 11.3 Å². The van der Waals surface area contributed by atoms with E-state index >= 15 is 0 Å². The van der Waals surface area contributed by atoms with Gasteiger partial charge in [0.1, 0.15) is 0 Å². The molecule has 0 spiro atoms. The highest BCUT2D eigenvalue weighted by Gasteiger charge is 2.20. The van der Waals surface area contributed by atoms with Crippen LogP contribution in [0.1, 0.15) is 33.1 Å². The molecule has 1 aromatic carbocycles. The molecule has 0 aliphatic heterocycles. The number of hydrogen-bond acceptors (Lipinski definition) is 5. The molecular weight excluding hydrogens is 376 g/mol. The molecule has 3 N–H and O–H groups in total. The van der Waals surface area contributed by atoms with E-state index in [1.165, 1.54) is 0 Å². The summed E-state index contributed by atoms with van der Waals surface area (Å²) in [5, 5.41) is 2.75. The minimum atomic E-state index is -0.916. The lowest BCUT2D eigenvalue weighted by Crippen LogP contribution is -2.39. The van der Waals surface area contributed by atoms with Gasteiger partial charge in [-0.3, -0.25) is 19.5 Å². The molecule has 0 saturated carbocycles. The number of carbonyl (C=O) groups excluding carboxylic acids is 2. The van der Waals surface area contributed by atoms with Crippen molar-refractivity contribution in [1.82, 2.24) is 14.9 Å². The molecule has 3 amide bonds. The Morgan fingerprint density at radius 1 is 1.38 bits per heavy atom. The summed E-state index contributed by atoms with van der Waals surface area (Å²) < 4.78 is 1.57. The second kappa shape index (κ2) is 9.05. The van der Waals surface area contributed by atoms with Gasteiger partial charge in [-0.15, -0.1) is 0 Å². The average molecular weight is 397 g/mol. The van der Waals surface area contributed by atoms with Gasteiger partial charge in [0.25, 0.3) is 5.56 Å². The zero-order valence-corrected chi connectivity index (χ0v) is 16.2. The Bertz CT molecular complexity index is 884. The number of thioether (sulfide) groups is 1. The molecule has 7 nitrogen and oxygen atoms in total. The zero-order valence-electron chi connectivity index (χ0n) is 14.6. The van der Waals surface area contributed by atoms with Crippen molar-refractivity contribution in [3.8, 4) is 0 Å². The maximum Gasteiger partial charge on any atom is 0.318 e. The van der Waals surface area contributed by atoms with E-state index in [1.807, 2.05) is 5.32 Å². The summed E-state index contributed by atoms with van der Waals surface area (Å²) in [5.41, 5.74) is 5.28. The predicted octanol–water partition coefficient (Wildman–Crippen LogP) is 2.92. The summed E-state index contributed by atoms with van der Waals surface area (Å²) in [6.45, 7) is 4.20. The number of amides is 3. The summed E-state index contributed by atoms with van der Waals surface area (Å²) >= 11 is 7.11. The lowest BCUT2D eigenvalue weighted by molar-refractivity contribution is -0.119. The van der Waals surface area contributed by atoms with Crippen LogP contribution in [-0.4, -0.2) is 26.7 Å². The number of nitrogens with one attached hydrogen (secondary N) is 1. The number of carbonyl (C=O) groups is 2. The maximum absolute atomic E-state index is 12.9. The van der Waals surface area contributed by atoms with Gasteiger partial charge < -0.3 is 5.73 Å². The molecule has 0 saturated heterocycles. The van der Waals surface area contributed by atoms with Gasteiger partial charge in [-0.25, -0.2) is 9.78 Å². The van der Waals surface area contributed by atoms with Crippen molar-refractivity contribution in [3.05, 3.63) is 33.6 Å². The van der Waals surface area contributed by atoms with Crippen molar-refractivity contribution in [2.75, 3.05) is 0 Å². The van der Waals surface area contributed by atoms with E-state index in [0.717, 1.165) is 31.0 Å². The summed E-state index contributed by atoms with van der Waals surface area (Å²) in [4.78, 5) is 40.2. The van der Waals surface area contributed by atoms with Gasteiger partial charge in [0, 0.05) is 11.6 Å². The van der Waals surface area contributed by atoms with Gasteiger partial charge in [-0.2, -0.15) is 0 Å². The van der Waals surface area contributed by atoms with E-state index in [4.69, 9.17) is 17.3 Å². The first-order valence-electron chi connectivity index (χ1n) is 8.30. The number of fused-ring (bicyclic) bond motifs is 1. The molecule has 0 unspecified atom stereocenters. The Morgan fingerprint density at radius 3 is 2.77 bits per heavy atom. The van der Waals surface area contributed by atoms with Gasteiger partial charge in [0.2, 0.25) is 5.91 Å². The number of nitrogens with two attached hydrogens (primary N) is 1. The van der Waals surface area contributed by atoms with Crippen molar-refractivity contribution < 1.29 is 9.59 Å². The first kappa shape index (κ1) is 20.3. The fourth-order valence-electron chi connectivity index (χ4n) is 2.42. The fraction of sp³-hybridized carbons (Fsp3) is 0.412. The number of imide groups is 1. The van der Waals surface area contributed by atoms with E-state index in [2.05, 4.69) is 11.9 Å². The molecule has 1 aromatic heterocycles. The molecule has 1 atom stereocenters. The van der Waals surface area contributed by atoms with Crippen molar-refractivity contribution in [1.29, 1.82) is 0 Å². The first-order valence-corrected chi connectivity index (χ1v) is 9.56. The molecule has 2 aromatic rings. The number of primary amides is 1. The number of halogens is 1. The number of hydrogen-bond donors (Lipinski definition) is 2. The summed E-state index contributed by atoms with van der Waals surface area (Å²) in [6, 6.07) is 4.01. The van der Waals surface area contributed by atoms with E-state index in [-0.39, 0.29) is 5.56 Å². The Hall–Kier alpha value is -2.06. The Balaban J connectivity index is 2.43. The molecule has 140 valence electrons. The van der Waals surface area contributed by atoms with Gasteiger partial charge >= 0.3 is 6.03 Å². The molecule has 26 heavy (non-hydrogen) atoms. The molecule has 0 aliphatic carbocycles. The SMILES string of the molecule is CCCCCn1c(S[C@H](C)C(=O)NC(N)=O)nc2cc(Cl)ccc2c1=O. The van der Waals surface area contributed by atoms with Crippen LogP contribution in [0.4, 0.5) is 4.79 Å². The third-order valence-electron chi connectivity index (χ3n) is 3.77. The van der Waals surface area contributed by atoms with E-state index in [0.29, 0.717) is 27.6 Å². The van der Waals surface area contributed by atoms with Gasteiger partial charge in [0.15, 0.2) is 5.16 Å². The van der Waals surface area contributed by atoms with Crippen LogP contribution in [0.2, 0.25) is 5.02 Å². The topological polar surface area (TPSA) is 107 Å². The third kappa shape index (κ3) is 4.98. The number of rotatable bonds is 7. The molecule has 0 fully saturated rings. The average Bonchev–Trinajstić information content (AvgIpc) is 2.56. The Morgan fingerprint density at radius 2 is 2.12 bits per heavy atom. The van der Waals surface area contributed by atoms with Gasteiger partial charge in [0.05, 0.1) is 16.2 Å². The standard InChI is InChI=1S/C17H21ClN4O3S/c1-3-4-5-8-22-15(24)12-7-6-11(18)9-13(12)20-17(22)26-10(2)14(23)21-16(19)25/h6-7,9-10H,3-5,8H2,1-2H3,(H3,19,21,23,25)/t10-/m1/s1. The molecule has 2 rings (SSSR count). The van der Waals surface area contributed by atoms with Gasteiger partial charge in [-0.05, 0) is 31.5 Å². The number of nitrogens with zero attached hydrogens (tertiary/aromatic N) is 2. The molecule has 0 bridgehead atoms. The Labute approximate surface area is 160 Å². The van der Waals surface area contributed by atoms with Crippen molar-refractivity contribution in [2.45, 2.75) is 50.1 Å². The molecule has 0 radical (unpaired) electrons. The first-order chi connectivity index (χ1) is 12.3. The molecule has 0 aliphatic rings. The Kier molecular flexibility index (Phi) is 7.05. The van der Waals surface area contributed by atoms with Crippen LogP contribution in [0.15, 0.2) is 28.2 Å². The van der Waals surface area contributed by atoms with Crippen LogP contribution in [0, 0.1) is 0 Å². The normalized spacial score (nSPS) is 12.1. The van der Waals surface area contributed by atoms with Crippen molar-refractivity contribution in [2.24, 2.45) is 5.73 Å². The lowest BCUT2D eigenvalue weighted by atomic mass is 10.2. The fourth-order valence-corrected chi connectivity index (χ4v) is 3.52. The van der Waals surface area contributed by atoms with Crippen LogP contribution in [0.3, 0.4) is 0 Å². The minimum Gasteiger partial charge on any atom is -0.351 e. The van der Waals surface area contributed by atoms with Crippen molar-refractivity contribution in [3.63, 3.8) is 0 Å². The maximum atomic E-state index is 12.9. The third-order valence-corrected chi connectivity index (χ3v) is 5.09. The predicted molar refractivity (Wildman–Crippen MR) is 104 cm³/mol. The monoisotopic (exact) mass is 396 g/mol. The highest BCUT2D eigenvalue weighted by atomic mass is 35.5. The lowest BCUT2D eigenvalue weighted by Gasteiger charge is -2.16. The summed E-state index contributed by atoms with van der Waals surface area (Å²) in [5.74, 6) is -0.539. The second-order valence-corrected chi connectivity index (χ2v) is 7.58. The van der Waals surface area contributed by atoms with E-state index < -0.39 is 17.2 Å². The molecule has 9 heteroatoms. The van der Waals surface area contributed by atoms with Crippen molar-refractivity contribution >= 4 is 46.2 Å². The number of benzene rings is 1. The summed E-state index contributed by atoms with van der Waals surface area (Å²) in [6.07, 6.45) is 2.82. The highest BCUT2D eigenvalue weighted by molar-refractivity contribution is 8.00. The summed E-state index contributed by atoms with van der Waals surface area (Å²) in [7, 11) is 0. The van der Waals surface area contributed by atoms with E-state index in [9.17, 15) is 14.4 Å². The zero-order chi connectivity index (χ0) is 19.3. The number of urea groups is 1. The van der Waals surface area contributed by atoms with Crippen LogP contribution in [0.5, 0.6) is 0 Å². The van der Waals surface area contributed by atoms with Crippen LogP contribution >= 0.6 is 23.4 Å². The second-order valence-electron chi connectivity index (χ2n) is 5.83.